The molecule has 3 heterocycles. The molecule has 1 aliphatic carbocycles. The van der Waals surface area contributed by atoms with Gasteiger partial charge in [-0.2, -0.15) is 10.2 Å². The molecule has 1 amide bonds. The molecule has 7 heteroatoms. The Kier molecular flexibility index (Phi) is 5.82. The Morgan fingerprint density at radius 1 is 1.11 bits per heavy atom. The zero-order valence-corrected chi connectivity index (χ0v) is 22.4. The van der Waals surface area contributed by atoms with Crippen LogP contribution in [0.3, 0.4) is 0 Å². The Morgan fingerprint density at radius 2 is 1.84 bits per heavy atom. The monoisotopic (exact) mass is 510 g/mol. The summed E-state index contributed by atoms with van der Waals surface area (Å²) in [6, 6.07) is 14.5. The van der Waals surface area contributed by atoms with E-state index in [1.54, 1.807) is 6.07 Å². The molecule has 196 valence electrons. The molecule has 3 aromatic rings. The molecule has 0 N–H and O–H groups in total. The van der Waals surface area contributed by atoms with Crippen molar-refractivity contribution in [2.45, 2.75) is 82.7 Å². The molecule has 1 spiro atoms. The second-order valence-corrected chi connectivity index (χ2v) is 12.0. The van der Waals surface area contributed by atoms with Gasteiger partial charge in [-0.05, 0) is 81.7 Å². The van der Waals surface area contributed by atoms with Gasteiger partial charge in [0.05, 0.1) is 27.6 Å². The molecule has 2 aromatic carbocycles. The maximum Gasteiger partial charge on any atom is 0.410 e. The Bertz CT molecular complexity index is 1530. The molecule has 38 heavy (non-hydrogen) atoms. The van der Waals surface area contributed by atoms with Crippen LogP contribution in [0.4, 0.5) is 4.79 Å². The number of piperidine rings is 1. The highest BCUT2D eigenvalue weighted by Crippen LogP contribution is 2.52. The lowest BCUT2D eigenvalue weighted by molar-refractivity contribution is 0.0205. The van der Waals surface area contributed by atoms with Gasteiger partial charge in [-0.1, -0.05) is 37.5 Å². The molecule has 0 radical (unpaired) electrons. The fourth-order valence-corrected chi connectivity index (χ4v) is 6.81. The van der Waals surface area contributed by atoms with Crippen LogP contribution in [0.25, 0.3) is 16.6 Å². The lowest BCUT2D eigenvalue weighted by atomic mass is 9.69. The van der Waals surface area contributed by atoms with E-state index in [4.69, 9.17) is 4.74 Å². The van der Waals surface area contributed by atoms with Gasteiger partial charge in [-0.25, -0.2) is 4.79 Å². The van der Waals surface area contributed by atoms with Crippen LogP contribution in [0.5, 0.6) is 0 Å². The number of ether oxygens (including phenoxy) is 1. The van der Waals surface area contributed by atoms with Crippen molar-refractivity contribution in [3.8, 4) is 11.8 Å². The number of aromatic nitrogens is 2. The Labute approximate surface area is 223 Å². The maximum atomic E-state index is 13.3. The summed E-state index contributed by atoms with van der Waals surface area (Å²) in [5.74, 6) is 1.16. The van der Waals surface area contributed by atoms with Crippen LogP contribution in [0.2, 0.25) is 0 Å². The van der Waals surface area contributed by atoms with Gasteiger partial charge in [-0.3, -0.25) is 9.36 Å². The highest BCUT2D eigenvalue weighted by molar-refractivity contribution is 5.87. The lowest BCUT2D eigenvalue weighted by Gasteiger charge is -2.34. The smallest absolute Gasteiger partial charge is 0.410 e. The fraction of sp³-hybridized carbons (Fsp3) is 0.484. The minimum Gasteiger partial charge on any atom is -0.444 e. The predicted molar refractivity (Wildman–Crippen MR) is 146 cm³/mol. The minimum absolute atomic E-state index is 0.243. The number of hydrogen-bond acceptors (Lipinski definition) is 5. The van der Waals surface area contributed by atoms with Crippen molar-refractivity contribution >= 4 is 17.0 Å². The first-order valence-electron chi connectivity index (χ1n) is 13.8. The Morgan fingerprint density at radius 3 is 2.53 bits per heavy atom. The molecule has 0 atom stereocenters. The van der Waals surface area contributed by atoms with Crippen molar-refractivity contribution in [3.05, 3.63) is 69.3 Å². The number of nitriles is 1. The van der Waals surface area contributed by atoms with Gasteiger partial charge >= 0.3 is 6.09 Å². The van der Waals surface area contributed by atoms with Gasteiger partial charge in [0, 0.05) is 13.1 Å². The summed E-state index contributed by atoms with van der Waals surface area (Å²) >= 11 is 0. The Balaban J connectivity index is 1.41. The number of nitrogens with zero attached hydrogens (tertiary/aromatic N) is 4. The third kappa shape index (κ3) is 3.89. The Hall–Kier alpha value is -3.66. The zero-order valence-electron chi connectivity index (χ0n) is 22.4. The number of likely N-dealkylation sites (tertiary alicyclic amines) is 1. The highest BCUT2D eigenvalue weighted by Gasteiger charge is 2.46. The number of benzene rings is 2. The van der Waals surface area contributed by atoms with Crippen molar-refractivity contribution in [1.29, 1.82) is 5.26 Å². The van der Waals surface area contributed by atoms with Crippen molar-refractivity contribution in [3.63, 3.8) is 0 Å². The molecule has 6 rings (SSSR count). The molecule has 2 fully saturated rings. The summed E-state index contributed by atoms with van der Waals surface area (Å²) in [7, 11) is 0. The fourth-order valence-electron chi connectivity index (χ4n) is 6.81. The summed E-state index contributed by atoms with van der Waals surface area (Å²) in [4.78, 5) is 32.3. The van der Waals surface area contributed by atoms with E-state index in [2.05, 4.69) is 33.8 Å². The molecule has 0 unspecified atom stereocenters. The van der Waals surface area contributed by atoms with Crippen LogP contribution in [0.1, 0.15) is 94.1 Å². The van der Waals surface area contributed by atoms with E-state index in [1.807, 2.05) is 37.8 Å². The van der Waals surface area contributed by atoms with E-state index in [0.717, 1.165) is 55.6 Å². The van der Waals surface area contributed by atoms with Gasteiger partial charge in [-0.15, -0.1) is 0 Å². The normalized spacial score (nSPS) is 18.7. The number of fused-ring (bicyclic) bond motifs is 7. The zero-order chi connectivity index (χ0) is 26.7. The van der Waals surface area contributed by atoms with Crippen LogP contribution in [0.15, 0.2) is 41.2 Å². The first-order valence-corrected chi connectivity index (χ1v) is 13.8. The number of carbonyl (C=O) groups is 1. The van der Waals surface area contributed by atoms with Crippen LogP contribution in [-0.4, -0.2) is 39.2 Å². The van der Waals surface area contributed by atoms with Gasteiger partial charge in [0.15, 0.2) is 0 Å². The summed E-state index contributed by atoms with van der Waals surface area (Å²) in [6.07, 6.45) is 6.87. The summed E-state index contributed by atoms with van der Waals surface area (Å²) in [5.41, 5.74) is 3.63. The molecule has 0 bridgehead atoms. The van der Waals surface area contributed by atoms with Crippen LogP contribution in [-0.2, 0) is 10.2 Å². The van der Waals surface area contributed by atoms with E-state index in [0.29, 0.717) is 30.0 Å². The largest absolute Gasteiger partial charge is 0.444 e. The minimum atomic E-state index is -0.500. The number of rotatable bonds is 1. The maximum absolute atomic E-state index is 13.3. The second kappa shape index (κ2) is 8.97. The van der Waals surface area contributed by atoms with Gasteiger partial charge in [0.25, 0.3) is 5.56 Å². The van der Waals surface area contributed by atoms with E-state index >= 15 is 0 Å². The molecule has 3 aliphatic rings. The molecular weight excluding hydrogens is 476 g/mol. The lowest BCUT2D eigenvalue weighted by Crippen LogP contribution is -2.41. The quantitative estimate of drug-likeness (QED) is 0.405. The SMILES string of the molecule is CC(C)(C)OC(=O)N1CCC(c2ccc3c(c2)-n2c(nc(=O)c4c(C#N)cccc42)C32CCCCC2)CC1. The number of amides is 1. The number of hydrogen-bond donors (Lipinski definition) is 0. The third-order valence-electron chi connectivity index (χ3n) is 8.57. The van der Waals surface area contributed by atoms with Gasteiger partial charge in [0.2, 0.25) is 0 Å². The van der Waals surface area contributed by atoms with Crippen LogP contribution < -0.4 is 5.56 Å². The number of carbonyl (C=O) groups excluding carboxylic acids is 1. The summed E-state index contributed by atoms with van der Waals surface area (Å²) in [5, 5.41) is 10.1. The second-order valence-electron chi connectivity index (χ2n) is 12.0. The topological polar surface area (TPSA) is 88.2 Å². The van der Waals surface area contributed by atoms with Gasteiger partial charge < -0.3 is 9.64 Å². The van der Waals surface area contributed by atoms with Crippen LogP contribution >= 0.6 is 0 Å². The third-order valence-corrected chi connectivity index (χ3v) is 8.57. The molecule has 1 saturated carbocycles. The van der Waals surface area contributed by atoms with E-state index in [9.17, 15) is 14.9 Å². The van der Waals surface area contributed by atoms with Crippen molar-refractivity contribution in [1.82, 2.24) is 14.5 Å². The molecule has 7 nitrogen and oxygen atoms in total. The average Bonchev–Trinajstić information content (AvgIpc) is 3.16. The van der Waals surface area contributed by atoms with Crippen LogP contribution in [0, 0.1) is 11.3 Å². The van der Waals surface area contributed by atoms with Gasteiger partial charge in [0.1, 0.15) is 17.5 Å². The molecule has 1 aromatic heterocycles. The first kappa shape index (κ1) is 24.7. The van der Waals surface area contributed by atoms with Crippen molar-refractivity contribution in [2.75, 3.05) is 13.1 Å². The molecule has 2 aliphatic heterocycles. The molecule has 1 saturated heterocycles. The van der Waals surface area contributed by atoms with Crippen molar-refractivity contribution in [2.24, 2.45) is 0 Å². The summed E-state index contributed by atoms with van der Waals surface area (Å²) < 4.78 is 7.74. The standard InChI is InChI=1S/C31H34N4O3/c1-30(2,3)38-29(37)34-16-12-20(13-17-34)21-10-11-23-25(18-21)35-24-9-7-8-22(19-32)26(24)27(36)33-28(35)31(23)14-5-4-6-15-31/h7-11,18,20H,4-6,12-17H2,1-3H3. The van der Waals surface area contributed by atoms with E-state index < -0.39 is 5.60 Å². The first-order chi connectivity index (χ1) is 18.2. The highest BCUT2D eigenvalue weighted by atomic mass is 16.6. The summed E-state index contributed by atoms with van der Waals surface area (Å²) in [6.45, 7) is 7.01. The molecular formula is C31H34N4O3. The predicted octanol–water partition coefficient (Wildman–Crippen LogP) is 5.94. The van der Waals surface area contributed by atoms with Crippen molar-refractivity contribution < 1.29 is 9.53 Å². The average molecular weight is 511 g/mol. The van der Waals surface area contributed by atoms with E-state index in [-0.39, 0.29) is 17.1 Å². The van der Waals surface area contributed by atoms with E-state index in [1.165, 1.54) is 17.5 Å².